The second kappa shape index (κ2) is 10.2. The molecule has 4 rings (SSSR count). The van der Waals surface area contributed by atoms with Crippen molar-refractivity contribution in [2.45, 2.75) is 37.4 Å². The third kappa shape index (κ3) is 6.03. The summed E-state index contributed by atoms with van der Waals surface area (Å²) in [7, 11) is 0. The Hall–Kier alpha value is -3.10. The zero-order valence-electron chi connectivity index (χ0n) is 18.1. The van der Waals surface area contributed by atoms with Gasteiger partial charge in [0, 0.05) is 27.9 Å². The molecule has 0 bridgehead atoms. The van der Waals surface area contributed by atoms with Gasteiger partial charge in [0.2, 0.25) is 5.91 Å². The number of nitrogen functional groups attached to an aromatic ring is 1. The van der Waals surface area contributed by atoms with Gasteiger partial charge >= 0.3 is 0 Å². The third-order valence-corrected chi connectivity index (χ3v) is 6.21. The van der Waals surface area contributed by atoms with E-state index in [4.69, 9.17) is 17.3 Å². The molecule has 7 nitrogen and oxygen atoms in total. The summed E-state index contributed by atoms with van der Waals surface area (Å²) in [6, 6.07) is 14.5. The number of aromatic nitrogens is 2. The number of aryl methyl sites for hydroxylation is 1. The summed E-state index contributed by atoms with van der Waals surface area (Å²) in [6.07, 6.45) is 2.71. The van der Waals surface area contributed by atoms with E-state index in [1.165, 1.54) is 11.8 Å². The number of thioether (sulfide) groups is 1. The van der Waals surface area contributed by atoms with Crippen molar-refractivity contribution in [2.24, 2.45) is 0 Å². The number of amides is 2. The van der Waals surface area contributed by atoms with Crippen LogP contribution in [0.4, 0.5) is 11.5 Å². The molecule has 33 heavy (non-hydrogen) atoms. The maximum absolute atomic E-state index is 12.5. The number of nitrogens with zero attached hydrogens (tertiary/aromatic N) is 2. The SMILES string of the molecule is CCc1nc(SCC(=O)Nc2cccc(C(=O)NC3CC3)c2)nc(N)c1-c1ccc(Cl)cc1. The quantitative estimate of drug-likeness (QED) is 0.321. The first-order chi connectivity index (χ1) is 15.9. The van der Waals surface area contributed by atoms with Gasteiger partial charge in [-0.1, -0.05) is 48.5 Å². The highest BCUT2D eigenvalue weighted by Crippen LogP contribution is 2.31. The first-order valence-electron chi connectivity index (χ1n) is 10.7. The highest BCUT2D eigenvalue weighted by molar-refractivity contribution is 7.99. The summed E-state index contributed by atoms with van der Waals surface area (Å²) in [4.78, 5) is 33.7. The largest absolute Gasteiger partial charge is 0.383 e. The van der Waals surface area contributed by atoms with Crippen molar-refractivity contribution in [1.29, 1.82) is 0 Å². The van der Waals surface area contributed by atoms with E-state index in [2.05, 4.69) is 20.6 Å². The molecular formula is C24H24ClN5O2S. The van der Waals surface area contributed by atoms with Crippen molar-refractivity contribution < 1.29 is 9.59 Å². The number of benzene rings is 2. The Morgan fingerprint density at radius 1 is 1.15 bits per heavy atom. The maximum atomic E-state index is 12.5. The molecule has 170 valence electrons. The second-order valence-corrected chi connectivity index (χ2v) is 9.12. The molecule has 2 amide bonds. The molecule has 9 heteroatoms. The third-order valence-electron chi connectivity index (χ3n) is 5.11. The molecule has 0 atom stereocenters. The highest BCUT2D eigenvalue weighted by atomic mass is 35.5. The summed E-state index contributed by atoms with van der Waals surface area (Å²) in [5, 5.41) is 6.85. The summed E-state index contributed by atoms with van der Waals surface area (Å²) in [5.74, 6) is 0.129. The summed E-state index contributed by atoms with van der Waals surface area (Å²) < 4.78 is 0. The van der Waals surface area contributed by atoms with Crippen LogP contribution in [0.1, 0.15) is 35.8 Å². The number of carbonyl (C=O) groups is 2. The molecule has 1 aliphatic rings. The zero-order chi connectivity index (χ0) is 23.4. The van der Waals surface area contributed by atoms with Crippen molar-refractivity contribution in [1.82, 2.24) is 15.3 Å². The molecule has 0 radical (unpaired) electrons. The van der Waals surface area contributed by atoms with Crippen LogP contribution in [0.25, 0.3) is 11.1 Å². The zero-order valence-corrected chi connectivity index (χ0v) is 19.7. The van der Waals surface area contributed by atoms with E-state index in [0.717, 1.165) is 29.7 Å². The molecule has 0 saturated heterocycles. The Bertz CT molecular complexity index is 1180. The predicted octanol–water partition coefficient (Wildman–Crippen LogP) is 4.56. The Labute approximate surface area is 201 Å². The van der Waals surface area contributed by atoms with E-state index in [9.17, 15) is 9.59 Å². The molecule has 1 fully saturated rings. The minimum absolute atomic E-state index is 0.112. The van der Waals surface area contributed by atoms with Gasteiger partial charge in [0.05, 0.1) is 11.4 Å². The van der Waals surface area contributed by atoms with E-state index >= 15 is 0 Å². The highest BCUT2D eigenvalue weighted by Gasteiger charge is 2.24. The topological polar surface area (TPSA) is 110 Å². The van der Waals surface area contributed by atoms with Gasteiger partial charge in [0.1, 0.15) is 5.82 Å². The van der Waals surface area contributed by atoms with Crippen LogP contribution in [0, 0.1) is 0 Å². The van der Waals surface area contributed by atoms with E-state index in [0.29, 0.717) is 33.7 Å². The molecule has 0 unspecified atom stereocenters. The van der Waals surface area contributed by atoms with Crippen LogP contribution in [0.15, 0.2) is 53.7 Å². The van der Waals surface area contributed by atoms with Crippen LogP contribution in [0.2, 0.25) is 5.02 Å². The Balaban J connectivity index is 1.40. The van der Waals surface area contributed by atoms with Gasteiger partial charge < -0.3 is 16.4 Å². The van der Waals surface area contributed by atoms with Crippen LogP contribution in [0.3, 0.4) is 0 Å². The van der Waals surface area contributed by atoms with E-state index in [1.54, 1.807) is 36.4 Å². The average Bonchev–Trinajstić information content (AvgIpc) is 3.62. The number of anilines is 2. The van der Waals surface area contributed by atoms with Gasteiger partial charge in [-0.15, -0.1) is 0 Å². The van der Waals surface area contributed by atoms with Crippen LogP contribution in [0.5, 0.6) is 0 Å². The lowest BCUT2D eigenvalue weighted by molar-refractivity contribution is -0.113. The number of nitrogens with two attached hydrogens (primary N) is 1. The van der Waals surface area contributed by atoms with Crippen molar-refractivity contribution in [3.63, 3.8) is 0 Å². The Morgan fingerprint density at radius 2 is 1.91 bits per heavy atom. The monoisotopic (exact) mass is 481 g/mol. The molecule has 0 spiro atoms. The van der Waals surface area contributed by atoms with Crippen LogP contribution >= 0.6 is 23.4 Å². The minimum Gasteiger partial charge on any atom is -0.383 e. The van der Waals surface area contributed by atoms with E-state index in [1.807, 2.05) is 19.1 Å². The lowest BCUT2D eigenvalue weighted by Crippen LogP contribution is -2.25. The number of hydrogen-bond donors (Lipinski definition) is 3. The van der Waals surface area contributed by atoms with E-state index < -0.39 is 0 Å². The first-order valence-corrected chi connectivity index (χ1v) is 12.0. The number of rotatable bonds is 8. The number of carbonyl (C=O) groups excluding carboxylic acids is 2. The van der Waals surface area contributed by atoms with Gasteiger partial charge in [0.15, 0.2) is 5.16 Å². The molecule has 4 N–H and O–H groups in total. The van der Waals surface area contributed by atoms with Crippen LogP contribution in [-0.2, 0) is 11.2 Å². The van der Waals surface area contributed by atoms with Crippen molar-refractivity contribution in [3.05, 3.63) is 64.8 Å². The van der Waals surface area contributed by atoms with Crippen molar-refractivity contribution in [2.75, 3.05) is 16.8 Å². The van der Waals surface area contributed by atoms with Gasteiger partial charge in [-0.25, -0.2) is 9.97 Å². The van der Waals surface area contributed by atoms with Gasteiger partial charge in [-0.3, -0.25) is 9.59 Å². The van der Waals surface area contributed by atoms with Gasteiger partial charge in [-0.05, 0) is 55.2 Å². The average molecular weight is 482 g/mol. The lowest BCUT2D eigenvalue weighted by Gasteiger charge is -2.12. The van der Waals surface area contributed by atoms with Crippen molar-refractivity contribution >= 4 is 46.7 Å². The number of halogens is 1. The summed E-state index contributed by atoms with van der Waals surface area (Å²) >= 11 is 7.20. The van der Waals surface area contributed by atoms with Gasteiger partial charge in [-0.2, -0.15) is 0 Å². The Kier molecular flexibility index (Phi) is 7.15. The minimum atomic E-state index is -0.221. The molecule has 2 aromatic carbocycles. The first kappa shape index (κ1) is 23.1. The van der Waals surface area contributed by atoms with E-state index in [-0.39, 0.29) is 23.6 Å². The molecule has 1 saturated carbocycles. The summed E-state index contributed by atoms with van der Waals surface area (Å²) in [6.45, 7) is 1.99. The van der Waals surface area contributed by atoms with Crippen LogP contribution < -0.4 is 16.4 Å². The summed E-state index contributed by atoms with van der Waals surface area (Å²) in [5.41, 5.74) is 9.82. The molecule has 1 aliphatic carbocycles. The normalized spacial score (nSPS) is 12.9. The standard InChI is InChI=1S/C24H24ClN5O2S/c1-2-19-21(14-6-8-16(25)9-7-14)22(26)30-24(29-19)33-13-20(31)27-18-5-3-4-15(12-18)23(32)28-17-10-11-17/h3-9,12,17H,2,10-11,13H2,1H3,(H,27,31)(H,28,32)(H2,26,29,30). The lowest BCUT2D eigenvalue weighted by atomic mass is 10.0. The molecule has 3 aromatic rings. The number of nitrogens with one attached hydrogen (secondary N) is 2. The maximum Gasteiger partial charge on any atom is 0.251 e. The number of hydrogen-bond acceptors (Lipinski definition) is 6. The van der Waals surface area contributed by atoms with Crippen LogP contribution in [-0.4, -0.2) is 33.6 Å². The van der Waals surface area contributed by atoms with Crippen molar-refractivity contribution in [3.8, 4) is 11.1 Å². The van der Waals surface area contributed by atoms with Gasteiger partial charge in [0.25, 0.3) is 5.91 Å². The molecule has 0 aliphatic heterocycles. The fourth-order valence-electron chi connectivity index (χ4n) is 3.32. The smallest absolute Gasteiger partial charge is 0.251 e. The Morgan fingerprint density at radius 3 is 2.61 bits per heavy atom. The second-order valence-electron chi connectivity index (χ2n) is 7.74. The molecule has 1 heterocycles. The fraction of sp³-hybridized carbons (Fsp3) is 0.250. The molecule has 1 aromatic heterocycles. The fourth-order valence-corrected chi connectivity index (χ4v) is 4.11. The molecular weight excluding hydrogens is 458 g/mol. The predicted molar refractivity (Wildman–Crippen MR) is 133 cm³/mol.